The summed E-state index contributed by atoms with van der Waals surface area (Å²) in [5.74, 6) is -2.75. The second kappa shape index (κ2) is 13.8. The lowest BCUT2D eigenvalue weighted by Crippen LogP contribution is -2.59. The molecule has 4 amide bonds. The minimum atomic E-state index is -3.89. The van der Waals surface area contributed by atoms with Gasteiger partial charge >= 0.3 is 0 Å². The quantitative estimate of drug-likeness (QED) is 0.210. The molecule has 2 aromatic carbocycles. The second-order valence-electron chi connectivity index (χ2n) is 15.1. The Morgan fingerprint density at radius 1 is 1.00 bits per heavy atom. The number of sulfonamides is 1. The van der Waals surface area contributed by atoms with Gasteiger partial charge in [-0.2, -0.15) is 0 Å². The molecule has 3 heterocycles. The van der Waals surface area contributed by atoms with Gasteiger partial charge in [0, 0.05) is 23.1 Å². The van der Waals surface area contributed by atoms with Crippen LogP contribution in [0.4, 0.5) is 0 Å². The van der Waals surface area contributed by atoms with Crippen molar-refractivity contribution in [2.45, 2.75) is 106 Å². The molecule has 0 radical (unpaired) electrons. The Bertz CT molecular complexity index is 2060. The molecule has 4 N–H and O–H groups in total. The van der Waals surface area contributed by atoms with E-state index in [-0.39, 0.29) is 25.8 Å². The Hall–Kier alpha value is -4.56. The van der Waals surface area contributed by atoms with E-state index in [4.69, 9.17) is 9.72 Å². The molecule has 14 heteroatoms. The molecule has 4 aliphatic rings. The molecular formula is C38H45N5O8S. The van der Waals surface area contributed by atoms with Gasteiger partial charge in [0.1, 0.15) is 29.3 Å². The highest BCUT2D eigenvalue weighted by atomic mass is 32.2. The number of ether oxygens (including phenoxy) is 1. The Kier molecular flexibility index (Phi) is 9.49. The van der Waals surface area contributed by atoms with Gasteiger partial charge in [0.05, 0.1) is 17.3 Å². The molecule has 2 aliphatic heterocycles. The largest absolute Gasteiger partial charge is 0.472 e. The molecule has 3 aromatic rings. The number of benzene rings is 2. The van der Waals surface area contributed by atoms with Crippen molar-refractivity contribution in [3.8, 4) is 5.88 Å². The minimum absolute atomic E-state index is 0.0206. The van der Waals surface area contributed by atoms with E-state index < -0.39 is 74.1 Å². The average molecular weight is 732 g/mol. The topological polar surface area (TPSA) is 184 Å². The molecule has 0 bridgehead atoms. The first-order valence-electron chi connectivity index (χ1n) is 18.1. The zero-order chi connectivity index (χ0) is 36.8. The van der Waals surface area contributed by atoms with Gasteiger partial charge in [-0.3, -0.25) is 23.9 Å². The van der Waals surface area contributed by atoms with E-state index in [2.05, 4.69) is 15.4 Å². The van der Waals surface area contributed by atoms with E-state index >= 15 is 0 Å². The Morgan fingerprint density at radius 2 is 1.71 bits per heavy atom. The van der Waals surface area contributed by atoms with Gasteiger partial charge in [-0.05, 0) is 69.9 Å². The second-order valence-corrected chi connectivity index (χ2v) is 17.0. The smallest absolute Gasteiger partial charge is 0.259 e. The van der Waals surface area contributed by atoms with Gasteiger partial charge in [-0.15, -0.1) is 0 Å². The van der Waals surface area contributed by atoms with Crippen LogP contribution in [0.3, 0.4) is 0 Å². The molecule has 0 spiro atoms. The van der Waals surface area contributed by atoms with Crippen LogP contribution in [0.2, 0.25) is 0 Å². The van der Waals surface area contributed by atoms with E-state index in [1.54, 1.807) is 0 Å². The van der Waals surface area contributed by atoms with Crippen molar-refractivity contribution in [3.63, 3.8) is 0 Å². The summed E-state index contributed by atoms with van der Waals surface area (Å²) in [5, 5.41) is 18.0. The van der Waals surface area contributed by atoms with Gasteiger partial charge in [0.2, 0.25) is 27.7 Å². The lowest BCUT2D eigenvalue weighted by molar-refractivity contribution is -0.145. The Labute approximate surface area is 302 Å². The maximum absolute atomic E-state index is 14.4. The minimum Gasteiger partial charge on any atom is -0.472 e. The van der Waals surface area contributed by atoms with Crippen molar-refractivity contribution in [2.24, 2.45) is 5.92 Å². The molecule has 2 saturated carbocycles. The van der Waals surface area contributed by atoms with Gasteiger partial charge in [0.25, 0.3) is 11.8 Å². The fraction of sp³-hybridized carbons (Fsp3) is 0.500. The number of hydrogen-bond donors (Lipinski definition) is 4. The standard InChI is InChI=1S/C38H45N5O8S/c1-37(2,48)35(46)40-30-17-7-5-3-4-6-12-23-21-38(23,36(47)42-52(49,50)25-18-19-25)41-32(44)31-20-24(22-43(31)34(30)45)51-33-28-15-9-8-13-26(28)27-14-10-11-16-29(27)39-33/h6,8-16,23-25,30-31,48H,3-5,7,17-22H2,1-2H3,(H,40,46)(H,41,44)(H,42,47)/b12-6-. The monoisotopic (exact) mass is 731 g/mol. The van der Waals surface area contributed by atoms with E-state index in [1.165, 1.54) is 18.7 Å². The van der Waals surface area contributed by atoms with Crippen LogP contribution in [-0.4, -0.2) is 88.2 Å². The molecule has 5 atom stereocenters. The fourth-order valence-corrected chi connectivity index (χ4v) is 8.67. The summed E-state index contributed by atoms with van der Waals surface area (Å²) in [4.78, 5) is 61.6. The van der Waals surface area contributed by atoms with Crippen LogP contribution in [0.1, 0.15) is 71.6 Å². The van der Waals surface area contributed by atoms with E-state index in [0.717, 1.165) is 29.0 Å². The first kappa shape index (κ1) is 35.8. The molecule has 1 aromatic heterocycles. The summed E-state index contributed by atoms with van der Waals surface area (Å²) in [7, 11) is -3.89. The summed E-state index contributed by atoms with van der Waals surface area (Å²) in [6, 6.07) is 13.2. The summed E-state index contributed by atoms with van der Waals surface area (Å²) in [6.45, 7) is 2.65. The first-order valence-corrected chi connectivity index (χ1v) is 19.6. The summed E-state index contributed by atoms with van der Waals surface area (Å²) >= 11 is 0. The number of pyridine rings is 1. The number of aliphatic hydroxyl groups is 1. The Balaban J connectivity index is 1.22. The van der Waals surface area contributed by atoms with Crippen LogP contribution in [-0.2, 0) is 29.2 Å². The number of aromatic nitrogens is 1. The molecule has 276 valence electrons. The first-order chi connectivity index (χ1) is 24.8. The number of amides is 4. The fourth-order valence-electron chi connectivity index (χ4n) is 7.30. The summed E-state index contributed by atoms with van der Waals surface area (Å²) in [5.41, 5.74) is -2.54. The van der Waals surface area contributed by atoms with Gasteiger partial charge in [-0.1, -0.05) is 61.4 Å². The zero-order valence-electron chi connectivity index (χ0n) is 29.3. The molecular weight excluding hydrogens is 687 g/mol. The number of hydrogen-bond acceptors (Lipinski definition) is 9. The van der Waals surface area contributed by atoms with E-state index in [1.807, 2.05) is 60.7 Å². The molecule has 52 heavy (non-hydrogen) atoms. The summed E-state index contributed by atoms with van der Waals surface area (Å²) in [6.07, 6.45) is 7.38. The van der Waals surface area contributed by atoms with Gasteiger partial charge < -0.3 is 25.4 Å². The molecule has 1 saturated heterocycles. The zero-order valence-corrected chi connectivity index (χ0v) is 30.2. The van der Waals surface area contributed by atoms with Crippen molar-refractivity contribution in [3.05, 3.63) is 60.7 Å². The van der Waals surface area contributed by atoms with Crippen molar-refractivity contribution in [2.75, 3.05) is 6.54 Å². The van der Waals surface area contributed by atoms with Crippen molar-refractivity contribution >= 4 is 55.3 Å². The number of carbonyl (C=O) groups is 4. The number of carbonyl (C=O) groups excluding carboxylic acids is 4. The lowest BCUT2D eigenvalue weighted by Gasteiger charge is -2.31. The molecule has 2 aliphatic carbocycles. The number of nitrogens with one attached hydrogen (secondary N) is 3. The van der Waals surface area contributed by atoms with Crippen LogP contribution in [0, 0.1) is 5.92 Å². The predicted octanol–water partition coefficient (Wildman–Crippen LogP) is 3.00. The average Bonchev–Trinajstić information content (AvgIpc) is 4.03. The molecule has 13 nitrogen and oxygen atoms in total. The Morgan fingerprint density at radius 3 is 2.44 bits per heavy atom. The SMILES string of the molecule is CC(C)(O)C(=O)NC1CCCCC/C=C\C2CC2(C(=O)NS(=O)(=O)C2CC2)NC(=O)C2CC(Oc3nc4ccccc4c4ccccc34)CN2C1=O. The third kappa shape index (κ3) is 7.23. The number of para-hydroxylation sites is 1. The van der Waals surface area contributed by atoms with Crippen LogP contribution < -0.4 is 20.1 Å². The molecule has 7 rings (SSSR count). The van der Waals surface area contributed by atoms with Crippen LogP contribution >= 0.6 is 0 Å². The van der Waals surface area contributed by atoms with E-state index in [9.17, 15) is 32.7 Å². The molecule has 3 fully saturated rings. The van der Waals surface area contributed by atoms with Crippen molar-refractivity contribution in [1.82, 2.24) is 25.2 Å². The number of nitrogens with zero attached hydrogens (tertiary/aromatic N) is 2. The number of rotatable bonds is 7. The third-order valence-electron chi connectivity index (χ3n) is 10.6. The van der Waals surface area contributed by atoms with Gasteiger partial charge in [0.15, 0.2) is 0 Å². The van der Waals surface area contributed by atoms with Crippen LogP contribution in [0.5, 0.6) is 5.88 Å². The van der Waals surface area contributed by atoms with E-state index in [0.29, 0.717) is 37.1 Å². The predicted molar refractivity (Wildman–Crippen MR) is 193 cm³/mol. The maximum Gasteiger partial charge on any atom is 0.259 e. The highest BCUT2D eigenvalue weighted by molar-refractivity contribution is 7.91. The van der Waals surface area contributed by atoms with Gasteiger partial charge in [-0.25, -0.2) is 13.4 Å². The van der Waals surface area contributed by atoms with Crippen LogP contribution in [0.25, 0.3) is 21.7 Å². The number of fused-ring (bicyclic) bond motifs is 5. The maximum atomic E-state index is 14.4. The normalized spacial score (nSPS) is 27.8. The highest BCUT2D eigenvalue weighted by Crippen LogP contribution is 2.46. The van der Waals surface area contributed by atoms with Crippen molar-refractivity contribution < 1.29 is 37.4 Å². The van der Waals surface area contributed by atoms with Crippen LogP contribution in [0.15, 0.2) is 60.7 Å². The molecule has 5 unspecified atom stereocenters. The highest BCUT2D eigenvalue weighted by Gasteiger charge is 2.62. The lowest BCUT2D eigenvalue weighted by atomic mass is 10.0. The number of allylic oxidation sites excluding steroid dienone is 1. The summed E-state index contributed by atoms with van der Waals surface area (Å²) < 4.78 is 34.4. The van der Waals surface area contributed by atoms with Crippen molar-refractivity contribution in [1.29, 1.82) is 0 Å². The third-order valence-corrected chi connectivity index (χ3v) is 12.4.